The molecule has 1 amide bonds. The van der Waals surface area contributed by atoms with Gasteiger partial charge in [0.1, 0.15) is 11.5 Å². The Kier molecular flexibility index (Phi) is 7.65. The second-order valence-electron chi connectivity index (χ2n) is 6.09. The average molecular weight is 472 g/mol. The van der Waals surface area contributed by atoms with Gasteiger partial charge in [-0.15, -0.1) is 0 Å². The van der Waals surface area contributed by atoms with Crippen LogP contribution in [-0.2, 0) is 4.79 Å². The van der Waals surface area contributed by atoms with Crippen molar-refractivity contribution < 1.29 is 19.2 Å². The number of non-ortho nitro benzene ring substituents is 1. The van der Waals surface area contributed by atoms with Gasteiger partial charge in [0.25, 0.3) is 5.69 Å². The van der Waals surface area contributed by atoms with Crippen molar-refractivity contribution in [2.45, 2.75) is 26.7 Å². The molecule has 0 atom stereocenters. The Morgan fingerprint density at radius 3 is 2.64 bits per heavy atom. The van der Waals surface area contributed by atoms with E-state index >= 15 is 0 Å². The maximum atomic E-state index is 12.2. The molecule has 0 unspecified atom stereocenters. The molecule has 0 radical (unpaired) electrons. The van der Waals surface area contributed by atoms with Gasteiger partial charge in [0.2, 0.25) is 5.91 Å². The summed E-state index contributed by atoms with van der Waals surface area (Å²) in [6.07, 6.45) is 0.658. The first-order valence-corrected chi connectivity index (χ1v) is 9.62. The van der Waals surface area contributed by atoms with Crippen LogP contribution in [0.3, 0.4) is 0 Å². The lowest BCUT2D eigenvalue weighted by Crippen LogP contribution is -2.13. The molecule has 2 rings (SSSR count). The maximum Gasteiger partial charge on any atom is 0.271 e. The van der Waals surface area contributed by atoms with Crippen LogP contribution in [0.15, 0.2) is 28.7 Å². The van der Waals surface area contributed by atoms with Gasteiger partial charge in [0, 0.05) is 23.6 Å². The number of anilines is 1. The maximum absolute atomic E-state index is 12.2. The third kappa shape index (κ3) is 5.36. The number of ether oxygens (including phenoxy) is 2. The first-order valence-electron chi connectivity index (χ1n) is 8.44. The molecule has 9 heteroatoms. The van der Waals surface area contributed by atoms with Gasteiger partial charge in [-0.3, -0.25) is 14.9 Å². The van der Waals surface area contributed by atoms with E-state index in [9.17, 15) is 14.9 Å². The summed E-state index contributed by atoms with van der Waals surface area (Å²) in [6, 6.07) is 5.87. The lowest BCUT2D eigenvalue weighted by atomic mass is 10.1. The Balaban J connectivity index is 1.92. The van der Waals surface area contributed by atoms with Crippen LogP contribution in [-0.4, -0.2) is 24.5 Å². The molecule has 2 aromatic rings. The fourth-order valence-corrected chi connectivity index (χ4v) is 3.23. The van der Waals surface area contributed by atoms with Crippen LogP contribution < -0.4 is 14.8 Å². The summed E-state index contributed by atoms with van der Waals surface area (Å²) in [4.78, 5) is 22.5. The molecule has 0 aliphatic rings. The van der Waals surface area contributed by atoms with E-state index < -0.39 is 4.92 Å². The minimum Gasteiger partial charge on any atom is -0.495 e. The zero-order valence-electron chi connectivity index (χ0n) is 15.7. The van der Waals surface area contributed by atoms with Crippen LogP contribution in [0.2, 0.25) is 5.02 Å². The summed E-state index contributed by atoms with van der Waals surface area (Å²) in [5.74, 6) is 0.733. The molecule has 0 fully saturated rings. The van der Waals surface area contributed by atoms with E-state index in [-0.39, 0.29) is 23.7 Å². The number of hydrogen-bond donors (Lipinski definition) is 1. The number of nitro benzene ring substituents is 1. The molecule has 0 aliphatic carbocycles. The van der Waals surface area contributed by atoms with Crippen LogP contribution in [0.25, 0.3) is 0 Å². The van der Waals surface area contributed by atoms with Crippen LogP contribution in [0, 0.1) is 24.0 Å². The molecule has 0 spiro atoms. The number of carbonyl (C=O) groups excluding carboxylic acids is 1. The third-order valence-electron chi connectivity index (χ3n) is 4.04. The number of amides is 1. The molecule has 2 aromatic carbocycles. The van der Waals surface area contributed by atoms with E-state index in [1.807, 2.05) is 19.9 Å². The molecule has 7 nitrogen and oxygen atoms in total. The number of benzene rings is 2. The van der Waals surface area contributed by atoms with Crippen molar-refractivity contribution in [3.63, 3.8) is 0 Å². The molecule has 28 heavy (non-hydrogen) atoms. The molecule has 0 heterocycles. The van der Waals surface area contributed by atoms with Gasteiger partial charge in [0.05, 0.1) is 28.8 Å². The van der Waals surface area contributed by atoms with Gasteiger partial charge >= 0.3 is 0 Å². The molecule has 0 aromatic heterocycles. The van der Waals surface area contributed by atoms with Gasteiger partial charge < -0.3 is 14.8 Å². The quantitative estimate of drug-likeness (QED) is 0.315. The molecule has 0 saturated heterocycles. The third-order valence-corrected chi connectivity index (χ3v) is 5.61. The Morgan fingerprint density at radius 2 is 2.00 bits per heavy atom. The monoisotopic (exact) mass is 470 g/mol. The fraction of sp³-hybridized carbons (Fsp3) is 0.316. The molecular formula is C19H20BrClN2O5. The van der Waals surface area contributed by atoms with E-state index in [1.54, 1.807) is 0 Å². The highest BCUT2D eigenvalue weighted by molar-refractivity contribution is 9.10. The molecule has 0 bridgehead atoms. The van der Waals surface area contributed by atoms with E-state index in [0.717, 1.165) is 15.6 Å². The summed E-state index contributed by atoms with van der Waals surface area (Å²) < 4.78 is 11.7. The van der Waals surface area contributed by atoms with Crippen LogP contribution in [0.1, 0.15) is 24.0 Å². The summed E-state index contributed by atoms with van der Waals surface area (Å²) in [7, 11) is 1.43. The lowest BCUT2D eigenvalue weighted by molar-refractivity contribution is -0.384. The minimum absolute atomic E-state index is 0.127. The second kappa shape index (κ2) is 9.75. The van der Waals surface area contributed by atoms with E-state index in [4.69, 9.17) is 21.1 Å². The lowest BCUT2D eigenvalue weighted by Gasteiger charge is -2.13. The van der Waals surface area contributed by atoms with Gasteiger partial charge in [-0.25, -0.2) is 0 Å². The van der Waals surface area contributed by atoms with Crippen molar-refractivity contribution in [3.8, 4) is 11.5 Å². The van der Waals surface area contributed by atoms with Crippen molar-refractivity contribution in [2.24, 2.45) is 0 Å². The minimum atomic E-state index is -0.531. The van der Waals surface area contributed by atoms with Gasteiger partial charge in [-0.05, 0) is 59.5 Å². The van der Waals surface area contributed by atoms with E-state index in [0.29, 0.717) is 29.5 Å². The highest BCUT2D eigenvalue weighted by Crippen LogP contribution is 2.35. The number of halogens is 2. The highest BCUT2D eigenvalue weighted by Gasteiger charge is 2.14. The topological polar surface area (TPSA) is 90.7 Å². The zero-order chi connectivity index (χ0) is 20.8. The number of nitrogens with one attached hydrogen (secondary N) is 1. The number of carbonyl (C=O) groups is 1. The zero-order valence-corrected chi connectivity index (χ0v) is 18.0. The largest absolute Gasteiger partial charge is 0.495 e. The number of hydrogen-bond acceptors (Lipinski definition) is 5. The van der Waals surface area contributed by atoms with Gasteiger partial charge in [0.15, 0.2) is 0 Å². The Hall–Kier alpha value is -2.32. The van der Waals surface area contributed by atoms with Crippen LogP contribution in [0.4, 0.5) is 11.4 Å². The molecule has 1 N–H and O–H groups in total. The summed E-state index contributed by atoms with van der Waals surface area (Å²) >= 11 is 9.67. The first-order chi connectivity index (χ1) is 13.2. The van der Waals surface area contributed by atoms with Crippen molar-refractivity contribution in [1.29, 1.82) is 0 Å². The smallest absolute Gasteiger partial charge is 0.271 e. The van der Waals surface area contributed by atoms with Crippen molar-refractivity contribution in [2.75, 3.05) is 19.0 Å². The van der Waals surface area contributed by atoms with E-state index in [2.05, 4.69) is 21.2 Å². The number of nitrogens with zero attached hydrogens (tertiary/aromatic N) is 1. The molecule has 150 valence electrons. The number of nitro groups is 1. The average Bonchev–Trinajstić information content (AvgIpc) is 2.67. The molecule has 0 aliphatic heterocycles. The van der Waals surface area contributed by atoms with Crippen molar-refractivity contribution >= 4 is 44.8 Å². The summed E-state index contributed by atoms with van der Waals surface area (Å²) in [5.41, 5.74) is 1.94. The second-order valence-corrected chi connectivity index (χ2v) is 7.26. The fourth-order valence-electron chi connectivity index (χ4n) is 2.54. The predicted molar refractivity (Wildman–Crippen MR) is 112 cm³/mol. The molecule has 0 saturated carbocycles. The Bertz CT molecular complexity index is 904. The number of aryl methyl sites for hydroxylation is 1. The van der Waals surface area contributed by atoms with Crippen LogP contribution >= 0.6 is 27.5 Å². The number of rotatable bonds is 8. The highest BCUT2D eigenvalue weighted by atomic mass is 79.9. The predicted octanol–water partition coefficient (Wildman–Crippen LogP) is 5.43. The Labute approximate surface area is 176 Å². The standard InChI is InChI=1S/C19H20BrClN2O5/c1-11-9-16(18(20)12(2)19(11)21)28-8-4-5-17(24)22-14-10-13(23(25)26)6-7-15(14)27-3/h6-7,9-10H,4-5,8H2,1-3H3,(H,22,24). The van der Waals surface area contributed by atoms with Gasteiger partial charge in [-0.2, -0.15) is 0 Å². The van der Waals surface area contributed by atoms with Gasteiger partial charge in [-0.1, -0.05) is 11.6 Å². The normalized spacial score (nSPS) is 10.5. The Morgan fingerprint density at radius 1 is 1.29 bits per heavy atom. The number of methoxy groups -OCH3 is 1. The van der Waals surface area contributed by atoms with Crippen LogP contribution in [0.5, 0.6) is 11.5 Å². The summed E-state index contributed by atoms with van der Waals surface area (Å²) in [6.45, 7) is 4.12. The SMILES string of the molecule is COc1ccc([N+](=O)[O-])cc1NC(=O)CCCOc1cc(C)c(Cl)c(C)c1Br. The van der Waals surface area contributed by atoms with E-state index in [1.165, 1.54) is 25.3 Å². The summed E-state index contributed by atoms with van der Waals surface area (Å²) in [5, 5.41) is 14.2. The van der Waals surface area contributed by atoms with Crippen molar-refractivity contribution in [1.82, 2.24) is 0 Å². The van der Waals surface area contributed by atoms with Crippen molar-refractivity contribution in [3.05, 3.63) is 55.0 Å². The molecular weight excluding hydrogens is 452 g/mol. The first kappa shape index (κ1) is 22.0.